The normalized spacial score (nSPS) is 12.8. The topological polar surface area (TPSA) is 141 Å². The first-order chi connectivity index (χ1) is 11.7. The average Bonchev–Trinajstić information content (AvgIpc) is 3.23. The lowest BCUT2D eigenvalue weighted by atomic mass is 10.2. The Morgan fingerprint density at radius 2 is 2.04 bits per heavy atom. The average molecular weight is 330 g/mol. The first-order valence-corrected chi connectivity index (χ1v) is 6.89. The van der Waals surface area contributed by atoms with E-state index in [1.165, 1.54) is 0 Å². The van der Waals surface area contributed by atoms with E-state index in [-0.39, 0.29) is 23.3 Å². The van der Waals surface area contributed by atoms with E-state index in [0.717, 1.165) is 6.20 Å². The zero-order valence-electron chi connectivity index (χ0n) is 12.1. The fraction of sp³-hybridized carbons (Fsp3) is 0.154. The molecule has 0 amide bonds. The minimum atomic E-state index is -0.586. The van der Waals surface area contributed by atoms with E-state index < -0.39 is 4.92 Å². The van der Waals surface area contributed by atoms with Crippen LogP contribution in [0.25, 0.3) is 11.6 Å². The Morgan fingerprint density at radius 1 is 1.21 bits per heavy atom. The molecule has 0 atom stereocenters. The Bertz CT molecular complexity index is 904. The van der Waals surface area contributed by atoms with Crippen LogP contribution in [-0.2, 0) is 0 Å². The highest BCUT2D eigenvalue weighted by Crippen LogP contribution is 2.34. The monoisotopic (exact) mass is 330 g/mol. The van der Waals surface area contributed by atoms with Crippen LogP contribution in [0.15, 0.2) is 28.8 Å². The number of nitrogens with zero attached hydrogens (tertiary/aromatic N) is 4. The van der Waals surface area contributed by atoms with E-state index in [1.807, 2.05) is 0 Å². The highest BCUT2D eigenvalue weighted by Gasteiger charge is 2.23. The number of ether oxygens (including phenoxy) is 2. The summed E-state index contributed by atoms with van der Waals surface area (Å²) in [5.74, 6) is 1.22. The van der Waals surface area contributed by atoms with Crippen molar-refractivity contribution in [3.63, 3.8) is 0 Å². The van der Waals surface area contributed by atoms with Crippen molar-refractivity contribution in [2.75, 3.05) is 18.5 Å². The number of anilines is 2. The molecule has 0 spiro atoms. The molecule has 0 bridgehead atoms. The van der Waals surface area contributed by atoms with Crippen molar-refractivity contribution in [1.29, 1.82) is 0 Å². The third-order valence-corrected chi connectivity index (χ3v) is 3.25. The maximum atomic E-state index is 10.9. The predicted molar refractivity (Wildman–Crippen MR) is 79.2 cm³/mol. The number of nitrogens with one attached hydrogen (secondary N) is 2. The molecule has 0 fully saturated rings. The first kappa shape index (κ1) is 14.0. The molecule has 11 nitrogen and oxygen atoms in total. The molecule has 0 unspecified atom stereocenters. The highest BCUT2D eigenvalue weighted by molar-refractivity contribution is 5.63. The van der Waals surface area contributed by atoms with Crippen molar-refractivity contribution >= 4 is 17.4 Å². The van der Waals surface area contributed by atoms with Gasteiger partial charge in [-0.2, -0.15) is 5.10 Å². The zero-order valence-corrected chi connectivity index (χ0v) is 12.1. The predicted octanol–water partition coefficient (Wildman–Crippen LogP) is 1.88. The molecule has 3 heterocycles. The van der Waals surface area contributed by atoms with Gasteiger partial charge in [0.25, 0.3) is 5.89 Å². The summed E-state index contributed by atoms with van der Waals surface area (Å²) in [6.45, 7) is 0.987. The zero-order chi connectivity index (χ0) is 16.5. The molecule has 11 heteroatoms. The third-order valence-electron chi connectivity index (χ3n) is 3.25. The molecule has 122 valence electrons. The van der Waals surface area contributed by atoms with Gasteiger partial charge >= 0.3 is 11.7 Å². The second-order valence-corrected chi connectivity index (χ2v) is 4.78. The van der Waals surface area contributed by atoms with E-state index >= 15 is 0 Å². The Balaban J connectivity index is 1.57. The van der Waals surface area contributed by atoms with Crippen LogP contribution in [0.4, 0.5) is 17.4 Å². The number of benzene rings is 1. The summed E-state index contributed by atoms with van der Waals surface area (Å²) in [4.78, 5) is 10.3. The van der Waals surface area contributed by atoms with Crippen molar-refractivity contribution in [3.8, 4) is 23.1 Å². The molecule has 0 saturated carbocycles. The van der Waals surface area contributed by atoms with Crippen LogP contribution in [0, 0.1) is 10.1 Å². The fourth-order valence-electron chi connectivity index (χ4n) is 2.19. The van der Waals surface area contributed by atoms with Gasteiger partial charge in [0.05, 0.1) is 4.92 Å². The summed E-state index contributed by atoms with van der Waals surface area (Å²) >= 11 is 0. The molecule has 2 N–H and O–H groups in total. The molecule has 3 aromatic rings. The quantitative estimate of drug-likeness (QED) is 0.541. The SMILES string of the molecule is O=[N+]([O-])c1cn[nH]c1-c1nnc(Nc2ccc3c(c2)OCCO3)o1. The first-order valence-electron chi connectivity index (χ1n) is 6.89. The Hall–Kier alpha value is -3.63. The van der Waals surface area contributed by atoms with Crippen LogP contribution in [0.3, 0.4) is 0 Å². The Morgan fingerprint density at radius 3 is 2.88 bits per heavy atom. The molecule has 0 saturated heterocycles. The van der Waals surface area contributed by atoms with Crippen molar-refractivity contribution in [2.24, 2.45) is 0 Å². The number of H-pyrrole nitrogens is 1. The lowest BCUT2D eigenvalue weighted by Gasteiger charge is -2.18. The summed E-state index contributed by atoms with van der Waals surface area (Å²) in [5.41, 5.74) is 0.445. The summed E-state index contributed by atoms with van der Waals surface area (Å²) in [6.07, 6.45) is 1.08. The van der Waals surface area contributed by atoms with Crippen molar-refractivity contribution in [1.82, 2.24) is 20.4 Å². The van der Waals surface area contributed by atoms with E-state index in [2.05, 4.69) is 25.7 Å². The van der Waals surface area contributed by atoms with Gasteiger partial charge in [-0.1, -0.05) is 5.10 Å². The van der Waals surface area contributed by atoms with E-state index in [0.29, 0.717) is 30.4 Å². The van der Waals surface area contributed by atoms with Gasteiger partial charge in [-0.25, -0.2) is 0 Å². The molecule has 0 aliphatic carbocycles. The fourth-order valence-corrected chi connectivity index (χ4v) is 2.19. The second kappa shape index (κ2) is 5.53. The van der Waals surface area contributed by atoms with Crippen LogP contribution >= 0.6 is 0 Å². The molecular formula is C13H10N6O5. The molecule has 1 aliphatic heterocycles. The lowest BCUT2D eigenvalue weighted by molar-refractivity contribution is -0.384. The summed E-state index contributed by atoms with van der Waals surface area (Å²) < 4.78 is 16.3. The smallest absolute Gasteiger partial charge is 0.320 e. The molecule has 2 aromatic heterocycles. The van der Waals surface area contributed by atoms with Crippen LogP contribution in [0.1, 0.15) is 0 Å². The minimum absolute atomic E-state index is 0.0424. The molecular weight excluding hydrogens is 320 g/mol. The number of rotatable bonds is 4. The van der Waals surface area contributed by atoms with Gasteiger partial charge in [0, 0.05) is 11.8 Å². The molecule has 4 rings (SSSR count). The van der Waals surface area contributed by atoms with E-state index in [4.69, 9.17) is 13.9 Å². The van der Waals surface area contributed by atoms with Crippen molar-refractivity contribution < 1.29 is 18.8 Å². The van der Waals surface area contributed by atoms with Gasteiger partial charge in [0.1, 0.15) is 19.4 Å². The van der Waals surface area contributed by atoms with E-state index in [9.17, 15) is 10.1 Å². The summed E-state index contributed by atoms with van der Waals surface area (Å²) in [6, 6.07) is 5.33. The third kappa shape index (κ3) is 2.47. The Labute approximate surface area is 133 Å². The van der Waals surface area contributed by atoms with Crippen LogP contribution in [-0.4, -0.2) is 38.5 Å². The minimum Gasteiger partial charge on any atom is -0.486 e. The number of aromatic nitrogens is 4. The number of nitro groups is 1. The largest absolute Gasteiger partial charge is 0.486 e. The van der Waals surface area contributed by atoms with Crippen molar-refractivity contribution in [2.45, 2.75) is 0 Å². The van der Waals surface area contributed by atoms with Gasteiger partial charge in [-0.05, 0) is 12.1 Å². The van der Waals surface area contributed by atoms with Gasteiger partial charge in [0.2, 0.25) is 5.69 Å². The molecule has 1 aromatic carbocycles. The molecule has 24 heavy (non-hydrogen) atoms. The lowest BCUT2D eigenvalue weighted by Crippen LogP contribution is -2.15. The number of hydrogen-bond donors (Lipinski definition) is 2. The molecule has 0 radical (unpaired) electrons. The standard InChI is InChI=1S/C13H10N6O5/c20-19(21)8-6-14-16-11(8)12-17-18-13(24-12)15-7-1-2-9-10(5-7)23-4-3-22-9/h1-2,5-6H,3-4H2,(H,14,16)(H,15,18). The van der Waals surface area contributed by atoms with Crippen LogP contribution in [0.5, 0.6) is 11.5 Å². The van der Waals surface area contributed by atoms with Gasteiger partial charge in [-0.15, -0.1) is 5.10 Å². The summed E-state index contributed by atoms with van der Waals surface area (Å²) in [5, 5.41) is 27.5. The van der Waals surface area contributed by atoms with Crippen molar-refractivity contribution in [3.05, 3.63) is 34.5 Å². The number of fused-ring (bicyclic) bond motifs is 1. The molecule has 1 aliphatic rings. The number of aromatic amines is 1. The van der Waals surface area contributed by atoms with Gasteiger partial charge in [-0.3, -0.25) is 15.2 Å². The second-order valence-electron chi connectivity index (χ2n) is 4.78. The maximum absolute atomic E-state index is 10.9. The van der Waals surface area contributed by atoms with Crippen LogP contribution in [0.2, 0.25) is 0 Å². The van der Waals surface area contributed by atoms with E-state index in [1.54, 1.807) is 18.2 Å². The highest BCUT2D eigenvalue weighted by atomic mass is 16.6. The number of hydrogen-bond acceptors (Lipinski definition) is 9. The van der Waals surface area contributed by atoms with Gasteiger partial charge < -0.3 is 19.2 Å². The maximum Gasteiger partial charge on any atom is 0.320 e. The summed E-state index contributed by atoms with van der Waals surface area (Å²) in [7, 11) is 0. The Kier molecular flexibility index (Phi) is 3.23. The van der Waals surface area contributed by atoms with Gasteiger partial charge in [0.15, 0.2) is 11.5 Å². The van der Waals surface area contributed by atoms with Crippen LogP contribution < -0.4 is 14.8 Å².